The monoisotopic (exact) mass is 433 g/mol. The van der Waals surface area contributed by atoms with E-state index >= 15 is 0 Å². The number of aryl methyl sites for hydroxylation is 1. The number of benzene rings is 2. The minimum Gasteiger partial charge on any atom is -0.497 e. The Bertz CT molecular complexity index is 1080. The fraction of sp³-hybridized carbons (Fsp3) is 0.273. The second-order valence-electron chi connectivity index (χ2n) is 6.95. The maximum Gasteiger partial charge on any atom is 0.434 e. The van der Waals surface area contributed by atoms with Gasteiger partial charge in [0, 0.05) is 11.6 Å². The van der Waals surface area contributed by atoms with Gasteiger partial charge in [-0.1, -0.05) is 17.7 Å². The van der Waals surface area contributed by atoms with Crippen molar-refractivity contribution in [1.29, 1.82) is 0 Å². The van der Waals surface area contributed by atoms with E-state index in [1.807, 2.05) is 6.92 Å². The van der Waals surface area contributed by atoms with Crippen molar-refractivity contribution < 1.29 is 27.4 Å². The van der Waals surface area contributed by atoms with Gasteiger partial charge >= 0.3 is 6.18 Å². The van der Waals surface area contributed by atoms with Crippen LogP contribution in [0, 0.1) is 6.92 Å². The predicted molar refractivity (Wildman–Crippen MR) is 109 cm³/mol. The van der Waals surface area contributed by atoms with Crippen molar-refractivity contribution in [2.24, 2.45) is 0 Å². The zero-order valence-corrected chi connectivity index (χ0v) is 17.4. The van der Waals surface area contributed by atoms with Crippen molar-refractivity contribution in [2.45, 2.75) is 26.1 Å². The molecule has 0 bridgehead atoms. The number of hydrogen-bond acceptors (Lipinski definition) is 4. The van der Waals surface area contributed by atoms with E-state index in [0.29, 0.717) is 17.1 Å². The number of aromatic nitrogens is 2. The van der Waals surface area contributed by atoms with Crippen molar-refractivity contribution in [3.63, 3.8) is 0 Å². The van der Waals surface area contributed by atoms with Gasteiger partial charge in [-0.15, -0.1) is 0 Å². The van der Waals surface area contributed by atoms with Gasteiger partial charge in [0.25, 0.3) is 5.91 Å². The second kappa shape index (κ2) is 8.71. The molecule has 164 valence electrons. The van der Waals surface area contributed by atoms with Crippen LogP contribution >= 0.6 is 0 Å². The molecule has 0 aliphatic carbocycles. The Morgan fingerprint density at radius 1 is 1.10 bits per heavy atom. The molecule has 1 unspecified atom stereocenters. The first-order valence-corrected chi connectivity index (χ1v) is 9.40. The number of carbonyl (C=O) groups excluding carboxylic acids is 1. The molecule has 31 heavy (non-hydrogen) atoms. The molecule has 1 heterocycles. The number of nitrogens with zero attached hydrogens (tertiary/aromatic N) is 2. The van der Waals surface area contributed by atoms with Crippen molar-refractivity contribution in [3.8, 4) is 17.2 Å². The van der Waals surface area contributed by atoms with Gasteiger partial charge in [0.05, 0.1) is 37.7 Å². The molecule has 6 nitrogen and oxygen atoms in total. The van der Waals surface area contributed by atoms with Crippen molar-refractivity contribution >= 4 is 5.91 Å². The van der Waals surface area contributed by atoms with Crippen LogP contribution in [0.3, 0.4) is 0 Å². The fourth-order valence-corrected chi connectivity index (χ4v) is 3.20. The maximum absolute atomic E-state index is 13.9. The van der Waals surface area contributed by atoms with E-state index in [1.54, 1.807) is 37.3 Å². The Balaban J connectivity index is 1.94. The first kappa shape index (κ1) is 22.2. The molecular formula is C22H22F3N3O3. The average Bonchev–Trinajstić information content (AvgIpc) is 3.19. The minimum absolute atomic E-state index is 0.210. The zero-order chi connectivity index (χ0) is 22.8. The van der Waals surface area contributed by atoms with Gasteiger partial charge in [0.2, 0.25) is 0 Å². The highest BCUT2D eigenvalue weighted by Gasteiger charge is 2.40. The van der Waals surface area contributed by atoms with E-state index in [1.165, 1.54) is 26.4 Å². The molecule has 0 radical (unpaired) electrons. The SMILES string of the molecule is COc1ccc(C(C)NC(=O)c2cnn(-c3ccc(C)cc3)c2C(F)(F)F)c(OC)c1. The van der Waals surface area contributed by atoms with E-state index in [-0.39, 0.29) is 5.69 Å². The molecule has 1 N–H and O–H groups in total. The van der Waals surface area contributed by atoms with E-state index < -0.39 is 29.4 Å². The molecule has 0 aliphatic rings. The molecule has 3 rings (SSSR count). The summed E-state index contributed by atoms with van der Waals surface area (Å²) >= 11 is 0. The molecule has 3 aromatic rings. The number of nitrogens with one attached hydrogen (secondary N) is 1. The summed E-state index contributed by atoms with van der Waals surface area (Å²) < 4.78 is 52.8. The van der Waals surface area contributed by atoms with Gasteiger partial charge < -0.3 is 14.8 Å². The van der Waals surface area contributed by atoms with Crippen LogP contribution in [0.1, 0.15) is 40.1 Å². The molecule has 0 saturated heterocycles. The van der Waals surface area contributed by atoms with Crippen LogP contribution in [0.25, 0.3) is 5.69 Å². The van der Waals surface area contributed by atoms with Crippen LogP contribution in [0.5, 0.6) is 11.5 Å². The lowest BCUT2D eigenvalue weighted by molar-refractivity contribution is -0.143. The molecule has 2 aromatic carbocycles. The molecule has 1 aromatic heterocycles. The maximum atomic E-state index is 13.9. The largest absolute Gasteiger partial charge is 0.497 e. The van der Waals surface area contributed by atoms with E-state index in [4.69, 9.17) is 9.47 Å². The molecule has 0 spiro atoms. The first-order chi connectivity index (χ1) is 14.7. The van der Waals surface area contributed by atoms with Gasteiger partial charge in [0.15, 0.2) is 5.69 Å². The normalized spacial score (nSPS) is 12.4. The smallest absolute Gasteiger partial charge is 0.434 e. The third-order valence-corrected chi connectivity index (χ3v) is 4.82. The molecule has 0 saturated carbocycles. The van der Waals surface area contributed by atoms with Crippen LogP contribution < -0.4 is 14.8 Å². The first-order valence-electron chi connectivity index (χ1n) is 9.40. The lowest BCUT2D eigenvalue weighted by atomic mass is 10.1. The van der Waals surface area contributed by atoms with Crippen LogP contribution in [-0.2, 0) is 6.18 Å². The molecular weight excluding hydrogens is 411 g/mol. The summed E-state index contributed by atoms with van der Waals surface area (Å²) in [5.41, 5.74) is -0.00201. The fourth-order valence-electron chi connectivity index (χ4n) is 3.20. The third-order valence-electron chi connectivity index (χ3n) is 4.82. The Labute approximate surface area is 177 Å². The topological polar surface area (TPSA) is 65.4 Å². The van der Waals surface area contributed by atoms with E-state index in [2.05, 4.69) is 10.4 Å². The predicted octanol–water partition coefficient (Wildman–Crippen LogP) is 4.71. The van der Waals surface area contributed by atoms with Gasteiger partial charge in [-0.2, -0.15) is 18.3 Å². The highest BCUT2D eigenvalue weighted by Crippen LogP contribution is 2.34. The van der Waals surface area contributed by atoms with Gasteiger partial charge in [-0.25, -0.2) is 4.68 Å². The van der Waals surface area contributed by atoms with Gasteiger partial charge in [-0.3, -0.25) is 4.79 Å². The molecule has 1 amide bonds. The Kier molecular flexibility index (Phi) is 6.24. The Hall–Kier alpha value is -3.49. The third kappa shape index (κ3) is 4.65. The number of hydrogen-bond donors (Lipinski definition) is 1. The number of methoxy groups -OCH3 is 2. The van der Waals surface area contributed by atoms with Crippen molar-refractivity contribution in [3.05, 3.63) is 71.0 Å². The number of alkyl halides is 3. The standard InChI is InChI=1S/C22H22F3N3O3/c1-13-5-7-15(8-6-13)28-20(22(23,24)25)18(12-26-28)21(29)27-14(2)17-10-9-16(30-3)11-19(17)31-4/h5-12,14H,1-4H3,(H,27,29). The summed E-state index contributed by atoms with van der Waals surface area (Å²) in [5, 5.41) is 6.43. The lowest BCUT2D eigenvalue weighted by Crippen LogP contribution is -2.29. The number of amides is 1. The Morgan fingerprint density at radius 2 is 1.77 bits per heavy atom. The molecule has 0 aliphatic heterocycles. The number of carbonyl (C=O) groups is 1. The average molecular weight is 433 g/mol. The minimum atomic E-state index is -4.78. The zero-order valence-electron chi connectivity index (χ0n) is 17.4. The molecule has 0 fully saturated rings. The van der Waals surface area contributed by atoms with Crippen molar-refractivity contribution in [2.75, 3.05) is 14.2 Å². The quantitative estimate of drug-likeness (QED) is 0.612. The summed E-state index contributed by atoms with van der Waals surface area (Å²) in [7, 11) is 2.96. The summed E-state index contributed by atoms with van der Waals surface area (Å²) in [6.45, 7) is 3.48. The summed E-state index contributed by atoms with van der Waals surface area (Å²) in [6, 6.07) is 10.8. The number of ether oxygens (including phenoxy) is 2. The van der Waals surface area contributed by atoms with Crippen LogP contribution in [0.4, 0.5) is 13.2 Å². The van der Waals surface area contributed by atoms with Crippen LogP contribution in [0.15, 0.2) is 48.7 Å². The summed E-state index contributed by atoms with van der Waals surface area (Å²) in [4.78, 5) is 12.8. The van der Waals surface area contributed by atoms with Crippen LogP contribution in [0.2, 0.25) is 0 Å². The summed E-state index contributed by atoms with van der Waals surface area (Å²) in [6.07, 6.45) is -3.86. The highest BCUT2D eigenvalue weighted by atomic mass is 19.4. The van der Waals surface area contributed by atoms with E-state index in [9.17, 15) is 18.0 Å². The number of halogens is 3. The molecule has 1 atom stereocenters. The number of rotatable bonds is 6. The summed E-state index contributed by atoms with van der Waals surface area (Å²) in [5.74, 6) is 0.104. The van der Waals surface area contributed by atoms with Gasteiger partial charge in [0.1, 0.15) is 11.5 Å². The lowest BCUT2D eigenvalue weighted by Gasteiger charge is -2.19. The van der Waals surface area contributed by atoms with Crippen molar-refractivity contribution in [1.82, 2.24) is 15.1 Å². The Morgan fingerprint density at radius 3 is 2.35 bits per heavy atom. The highest BCUT2D eigenvalue weighted by molar-refractivity contribution is 5.95. The van der Waals surface area contributed by atoms with Crippen LogP contribution in [-0.4, -0.2) is 29.9 Å². The second-order valence-corrected chi connectivity index (χ2v) is 6.95. The van der Waals surface area contributed by atoms with Gasteiger partial charge in [-0.05, 0) is 38.1 Å². The molecule has 9 heteroatoms. The van der Waals surface area contributed by atoms with E-state index in [0.717, 1.165) is 16.4 Å².